The van der Waals surface area contributed by atoms with Crippen molar-refractivity contribution in [1.29, 1.82) is 0 Å². The van der Waals surface area contributed by atoms with Gasteiger partial charge in [-0.05, 0) is 82.3 Å². The number of nitrogens with one attached hydrogen (secondary N) is 1. The lowest BCUT2D eigenvalue weighted by Crippen LogP contribution is -2.43. The first-order valence-electron chi connectivity index (χ1n) is 11.6. The van der Waals surface area contributed by atoms with Crippen LogP contribution in [0.1, 0.15) is 79.5 Å². The van der Waals surface area contributed by atoms with Crippen LogP contribution in [0.2, 0.25) is 0 Å². The Balaban J connectivity index is 1.41. The van der Waals surface area contributed by atoms with Gasteiger partial charge in [-0.25, -0.2) is 18.4 Å². The van der Waals surface area contributed by atoms with Crippen molar-refractivity contribution >= 4 is 27.5 Å². The van der Waals surface area contributed by atoms with Gasteiger partial charge in [0.25, 0.3) is 5.91 Å². The quantitative estimate of drug-likeness (QED) is 0.436. The van der Waals surface area contributed by atoms with Crippen molar-refractivity contribution < 1.29 is 13.2 Å². The van der Waals surface area contributed by atoms with Crippen LogP contribution in [0.5, 0.6) is 0 Å². The second-order valence-corrected chi connectivity index (χ2v) is 13.2. The van der Waals surface area contributed by atoms with Gasteiger partial charge in [0.2, 0.25) is 0 Å². The molecule has 0 radical (unpaired) electrons. The van der Waals surface area contributed by atoms with Crippen LogP contribution in [0.3, 0.4) is 0 Å². The first-order valence-corrected chi connectivity index (χ1v) is 14.5. The molecule has 1 amide bonds. The highest BCUT2D eigenvalue weighted by molar-refractivity contribution is 7.98. The molecule has 3 aliphatic rings. The van der Waals surface area contributed by atoms with Gasteiger partial charge in [-0.3, -0.25) is 4.79 Å². The maximum atomic E-state index is 13.0. The van der Waals surface area contributed by atoms with Crippen molar-refractivity contribution in [3.05, 3.63) is 17.0 Å². The van der Waals surface area contributed by atoms with Crippen LogP contribution < -0.4 is 5.32 Å². The lowest BCUT2D eigenvalue weighted by Gasteiger charge is -2.40. The van der Waals surface area contributed by atoms with Crippen molar-refractivity contribution in [3.8, 4) is 0 Å². The highest BCUT2D eigenvalue weighted by Crippen LogP contribution is 2.48. The second-order valence-electron chi connectivity index (χ2n) is 10.1. The molecular formula is C23H35N3O3S2. The summed E-state index contributed by atoms with van der Waals surface area (Å²) in [6.07, 6.45) is 11.0. The SMILES string of the molecule is CSc1nc(C)c(C(=O)NCC2(CC3CC3)CCC(S(=O)(=O)CC3CC3)CC2)c(C)n1. The van der Waals surface area contributed by atoms with Crippen LogP contribution in [0, 0.1) is 31.1 Å². The Bertz CT molecular complexity index is 908. The number of aryl methyl sites for hydroxylation is 2. The molecule has 8 heteroatoms. The molecule has 0 spiro atoms. The molecule has 1 N–H and O–H groups in total. The van der Waals surface area contributed by atoms with Crippen molar-refractivity contribution in [3.63, 3.8) is 0 Å². The fraction of sp³-hybridized carbons (Fsp3) is 0.783. The van der Waals surface area contributed by atoms with E-state index in [4.69, 9.17) is 0 Å². The maximum absolute atomic E-state index is 13.0. The minimum atomic E-state index is -2.98. The van der Waals surface area contributed by atoms with Crippen LogP contribution in [0.15, 0.2) is 5.16 Å². The van der Waals surface area contributed by atoms with E-state index in [0.717, 1.165) is 50.9 Å². The molecule has 0 aliphatic heterocycles. The number of thioether (sulfide) groups is 1. The Labute approximate surface area is 190 Å². The number of nitrogens with zero attached hydrogens (tertiary/aromatic N) is 2. The Hall–Kier alpha value is -1.15. The summed E-state index contributed by atoms with van der Waals surface area (Å²) in [5.74, 6) is 1.42. The summed E-state index contributed by atoms with van der Waals surface area (Å²) in [4.78, 5) is 21.9. The Morgan fingerprint density at radius 1 is 1.03 bits per heavy atom. The van der Waals surface area contributed by atoms with E-state index in [0.29, 0.717) is 40.3 Å². The molecule has 0 saturated heterocycles. The van der Waals surface area contributed by atoms with E-state index in [-0.39, 0.29) is 16.6 Å². The normalized spacial score (nSPS) is 26.6. The predicted molar refractivity (Wildman–Crippen MR) is 124 cm³/mol. The molecule has 172 valence electrons. The summed E-state index contributed by atoms with van der Waals surface area (Å²) < 4.78 is 25.5. The monoisotopic (exact) mass is 465 g/mol. The smallest absolute Gasteiger partial charge is 0.254 e. The van der Waals surface area contributed by atoms with Gasteiger partial charge in [-0.2, -0.15) is 0 Å². The zero-order valence-corrected chi connectivity index (χ0v) is 20.6. The predicted octanol–water partition coefficient (Wildman–Crippen LogP) is 4.10. The standard InChI is InChI=1S/C23H35N3O3S2/c1-15-20(16(2)26-22(25-15)30-3)21(27)24-14-23(12-17-4-5-17)10-8-19(9-11-23)31(28,29)13-18-6-7-18/h17-19H,4-14H2,1-3H3,(H,24,27). The first-order chi connectivity index (χ1) is 14.7. The fourth-order valence-electron chi connectivity index (χ4n) is 5.16. The van der Waals surface area contributed by atoms with Crippen LogP contribution in [0.4, 0.5) is 0 Å². The average Bonchev–Trinajstić information content (AvgIpc) is 3.64. The maximum Gasteiger partial charge on any atom is 0.254 e. The van der Waals surface area contributed by atoms with Gasteiger partial charge in [0.1, 0.15) is 0 Å². The number of carbonyl (C=O) groups is 1. The molecule has 1 aromatic rings. The van der Waals surface area contributed by atoms with Gasteiger partial charge in [0.05, 0.1) is 28.0 Å². The van der Waals surface area contributed by atoms with Gasteiger partial charge in [-0.15, -0.1) is 0 Å². The number of sulfone groups is 1. The van der Waals surface area contributed by atoms with Gasteiger partial charge in [0.15, 0.2) is 15.0 Å². The third kappa shape index (κ3) is 5.62. The zero-order chi connectivity index (χ0) is 22.2. The van der Waals surface area contributed by atoms with Crippen LogP contribution in [0.25, 0.3) is 0 Å². The highest BCUT2D eigenvalue weighted by Gasteiger charge is 2.43. The van der Waals surface area contributed by atoms with E-state index < -0.39 is 9.84 Å². The Morgan fingerprint density at radius 3 is 2.13 bits per heavy atom. The number of rotatable bonds is 9. The number of carbonyl (C=O) groups excluding carboxylic acids is 1. The summed E-state index contributed by atoms with van der Waals surface area (Å²) >= 11 is 1.47. The van der Waals surface area contributed by atoms with E-state index in [2.05, 4.69) is 15.3 Å². The molecule has 0 atom stereocenters. The third-order valence-electron chi connectivity index (χ3n) is 7.37. The van der Waals surface area contributed by atoms with Gasteiger partial charge in [0, 0.05) is 6.54 Å². The summed E-state index contributed by atoms with van der Waals surface area (Å²) in [7, 11) is -2.98. The number of amides is 1. The molecule has 1 aromatic heterocycles. The minimum Gasteiger partial charge on any atom is -0.351 e. The van der Waals surface area contributed by atoms with Crippen LogP contribution >= 0.6 is 11.8 Å². The van der Waals surface area contributed by atoms with Gasteiger partial charge in [-0.1, -0.05) is 24.6 Å². The zero-order valence-electron chi connectivity index (χ0n) is 18.9. The minimum absolute atomic E-state index is 0.0182. The molecule has 3 aliphatic carbocycles. The molecule has 31 heavy (non-hydrogen) atoms. The van der Waals surface area contributed by atoms with Gasteiger partial charge < -0.3 is 5.32 Å². The Kier molecular flexibility index (Phi) is 6.69. The first kappa shape index (κ1) is 23.0. The molecule has 4 rings (SSSR count). The molecule has 1 heterocycles. The van der Waals surface area contributed by atoms with E-state index in [1.54, 1.807) is 0 Å². The summed E-state index contributed by atoms with van der Waals surface area (Å²) in [5.41, 5.74) is 2.01. The molecule has 6 nitrogen and oxygen atoms in total. The van der Waals surface area contributed by atoms with Crippen molar-refractivity contribution in [2.45, 2.75) is 82.0 Å². The second kappa shape index (κ2) is 9.00. The van der Waals surface area contributed by atoms with Crippen molar-refractivity contribution in [2.75, 3.05) is 18.6 Å². The van der Waals surface area contributed by atoms with E-state index in [9.17, 15) is 13.2 Å². The molecule has 0 bridgehead atoms. The molecule has 3 fully saturated rings. The largest absolute Gasteiger partial charge is 0.351 e. The van der Waals surface area contributed by atoms with E-state index in [1.165, 1.54) is 24.6 Å². The van der Waals surface area contributed by atoms with Crippen LogP contribution in [-0.2, 0) is 9.84 Å². The topological polar surface area (TPSA) is 89.0 Å². The number of aromatic nitrogens is 2. The summed E-state index contributed by atoms with van der Waals surface area (Å²) in [6.45, 7) is 4.33. The fourth-order valence-corrected chi connectivity index (χ4v) is 7.83. The van der Waals surface area contributed by atoms with E-state index >= 15 is 0 Å². The average molecular weight is 466 g/mol. The highest BCUT2D eigenvalue weighted by atomic mass is 32.2. The van der Waals surface area contributed by atoms with Crippen LogP contribution in [-0.4, -0.2) is 48.1 Å². The summed E-state index contributed by atoms with van der Waals surface area (Å²) in [5, 5.41) is 3.68. The Morgan fingerprint density at radius 2 is 1.61 bits per heavy atom. The molecule has 0 aromatic carbocycles. The molecular weight excluding hydrogens is 430 g/mol. The third-order valence-corrected chi connectivity index (χ3v) is 10.3. The summed E-state index contributed by atoms with van der Waals surface area (Å²) in [6, 6.07) is 0. The lowest BCUT2D eigenvalue weighted by molar-refractivity contribution is 0.0893. The molecule has 0 unspecified atom stereocenters. The lowest BCUT2D eigenvalue weighted by atomic mass is 9.70. The van der Waals surface area contributed by atoms with Crippen molar-refractivity contribution in [2.24, 2.45) is 17.3 Å². The van der Waals surface area contributed by atoms with Gasteiger partial charge >= 0.3 is 0 Å². The van der Waals surface area contributed by atoms with Crippen molar-refractivity contribution in [1.82, 2.24) is 15.3 Å². The van der Waals surface area contributed by atoms with E-state index in [1.807, 2.05) is 20.1 Å². The number of hydrogen-bond donors (Lipinski definition) is 1. The number of hydrogen-bond acceptors (Lipinski definition) is 6. The molecule has 3 saturated carbocycles.